The van der Waals surface area contributed by atoms with Crippen LogP contribution in [0.25, 0.3) is 0 Å². The van der Waals surface area contributed by atoms with Crippen LogP contribution in [0.3, 0.4) is 0 Å². The second kappa shape index (κ2) is 8.48. The minimum atomic E-state index is 0.661. The Morgan fingerprint density at radius 3 is 2.74 bits per heavy atom. The summed E-state index contributed by atoms with van der Waals surface area (Å²) in [6.45, 7) is 5.56. The molecule has 104 valence electrons. The van der Waals surface area contributed by atoms with Gasteiger partial charge in [0.2, 0.25) is 0 Å². The normalized spacial score (nSPS) is 12.3. The highest BCUT2D eigenvalue weighted by Gasteiger charge is 2.01. The van der Waals surface area contributed by atoms with Crippen molar-refractivity contribution in [3.8, 4) is 0 Å². The highest BCUT2D eigenvalue weighted by Crippen LogP contribution is 2.16. The van der Waals surface area contributed by atoms with Crippen molar-refractivity contribution in [3.63, 3.8) is 0 Å². The third-order valence-electron chi connectivity index (χ3n) is 3.07. The van der Waals surface area contributed by atoms with Gasteiger partial charge in [0.15, 0.2) is 0 Å². The number of hydrogen-bond acceptors (Lipinski definition) is 3. The zero-order chi connectivity index (χ0) is 14.1. The first-order valence-electron chi connectivity index (χ1n) is 6.93. The lowest BCUT2D eigenvalue weighted by Crippen LogP contribution is -2.01. The molecular formula is C16H25N3. The number of rotatable bonds is 7. The van der Waals surface area contributed by atoms with E-state index in [4.69, 9.17) is 11.5 Å². The molecule has 19 heavy (non-hydrogen) atoms. The van der Waals surface area contributed by atoms with Gasteiger partial charge in [0, 0.05) is 11.9 Å². The first kappa shape index (κ1) is 15.4. The fourth-order valence-corrected chi connectivity index (χ4v) is 2.01. The molecule has 1 rings (SSSR count). The zero-order valence-electron chi connectivity index (χ0n) is 12.0. The number of nitrogens with zero attached hydrogens (tertiary/aromatic N) is 1. The van der Waals surface area contributed by atoms with Crippen LogP contribution < -0.4 is 11.5 Å². The lowest BCUT2D eigenvalue weighted by Gasteiger charge is -2.07. The van der Waals surface area contributed by atoms with Gasteiger partial charge in [-0.25, -0.2) is 0 Å². The van der Waals surface area contributed by atoms with E-state index in [9.17, 15) is 0 Å². The van der Waals surface area contributed by atoms with Crippen LogP contribution in [0.15, 0.2) is 34.8 Å². The number of benzene rings is 1. The molecule has 1 aromatic rings. The molecule has 0 heterocycles. The van der Waals surface area contributed by atoms with E-state index in [1.54, 1.807) is 0 Å². The van der Waals surface area contributed by atoms with Crippen LogP contribution in [-0.4, -0.2) is 12.8 Å². The summed E-state index contributed by atoms with van der Waals surface area (Å²) < 4.78 is 0. The van der Waals surface area contributed by atoms with E-state index < -0.39 is 0 Å². The van der Waals surface area contributed by atoms with E-state index in [1.807, 2.05) is 19.2 Å². The quantitative estimate of drug-likeness (QED) is 0.584. The van der Waals surface area contributed by atoms with E-state index in [0.29, 0.717) is 13.1 Å². The van der Waals surface area contributed by atoms with Crippen molar-refractivity contribution in [2.45, 2.75) is 39.7 Å². The van der Waals surface area contributed by atoms with E-state index >= 15 is 0 Å². The summed E-state index contributed by atoms with van der Waals surface area (Å²) in [5.74, 6) is 0. The Hall–Kier alpha value is -1.61. The smallest absolute Gasteiger partial charge is 0.0642 e. The molecule has 0 amide bonds. The Morgan fingerprint density at radius 1 is 1.32 bits per heavy atom. The molecule has 0 unspecified atom stereocenters. The van der Waals surface area contributed by atoms with Gasteiger partial charge in [0.25, 0.3) is 0 Å². The number of nitrogen functional groups attached to an aromatic ring is 1. The SMILES string of the molecule is C/C=C(\C=NCc1ccc(N)cc1CCC)CCN. The Labute approximate surface area is 116 Å². The molecule has 0 spiro atoms. The summed E-state index contributed by atoms with van der Waals surface area (Å²) in [7, 11) is 0. The standard InChI is InChI=1S/C16H25N3/c1-3-5-14-10-16(18)7-6-15(14)12-19-11-13(4-2)8-9-17/h4,6-7,10-11H,3,5,8-9,12,17-18H2,1-2H3/b13-4-,19-11?. The molecule has 0 radical (unpaired) electrons. The fraction of sp³-hybridized carbons (Fsp3) is 0.438. The lowest BCUT2D eigenvalue weighted by molar-refractivity contribution is 0.894. The first-order valence-corrected chi connectivity index (χ1v) is 6.93. The molecule has 0 aliphatic rings. The maximum absolute atomic E-state index is 5.83. The molecule has 0 fully saturated rings. The summed E-state index contributed by atoms with van der Waals surface area (Å²) in [5, 5.41) is 0. The van der Waals surface area contributed by atoms with E-state index in [2.05, 4.69) is 30.1 Å². The second-order valence-electron chi connectivity index (χ2n) is 4.65. The molecule has 1 aromatic carbocycles. The number of nitrogens with two attached hydrogens (primary N) is 2. The topological polar surface area (TPSA) is 64.4 Å². The van der Waals surface area contributed by atoms with Crippen molar-refractivity contribution in [1.82, 2.24) is 0 Å². The van der Waals surface area contributed by atoms with Gasteiger partial charge in [-0.15, -0.1) is 0 Å². The van der Waals surface area contributed by atoms with Crippen molar-refractivity contribution in [3.05, 3.63) is 41.0 Å². The number of aryl methyl sites for hydroxylation is 1. The Balaban J connectivity index is 2.74. The van der Waals surface area contributed by atoms with Crippen molar-refractivity contribution in [1.29, 1.82) is 0 Å². The van der Waals surface area contributed by atoms with Crippen molar-refractivity contribution < 1.29 is 0 Å². The van der Waals surface area contributed by atoms with Crippen LogP contribution in [0, 0.1) is 0 Å². The highest BCUT2D eigenvalue weighted by molar-refractivity contribution is 5.78. The molecule has 0 saturated carbocycles. The molecule has 0 aromatic heterocycles. The number of anilines is 1. The predicted molar refractivity (Wildman–Crippen MR) is 84.5 cm³/mol. The molecule has 3 heteroatoms. The minimum Gasteiger partial charge on any atom is -0.399 e. The average molecular weight is 259 g/mol. The molecule has 0 bridgehead atoms. The Bertz CT molecular complexity index is 447. The van der Waals surface area contributed by atoms with Gasteiger partial charge in [-0.3, -0.25) is 4.99 Å². The van der Waals surface area contributed by atoms with Crippen LogP contribution in [0.4, 0.5) is 5.69 Å². The average Bonchev–Trinajstić information content (AvgIpc) is 2.40. The third kappa shape index (κ3) is 5.26. The molecule has 0 aliphatic heterocycles. The molecule has 3 nitrogen and oxygen atoms in total. The summed E-state index contributed by atoms with van der Waals surface area (Å²) in [6, 6.07) is 6.08. The summed E-state index contributed by atoms with van der Waals surface area (Å²) >= 11 is 0. The third-order valence-corrected chi connectivity index (χ3v) is 3.07. The number of aliphatic imine (C=N–C) groups is 1. The van der Waals surface area contributed by atoms with Gasteiger partial charge in [0.05, 0.1) is 6.54 Å². The van der Waals surface area contributed by atoms with Gasteiger partial charge in [-0.2, -0.15) is 0 Å². The number of hydrogen-bond donors (Lipinski definition) is 2. The molecule has 0 saturated heterocycles. The predicted octanol–water partition coefficient (Wildman–Crippen LogP) is 3.09. The van der Waals surface area contributed by atoms with Gasteiger partial charge in [0.1, 0.15) is 0 Å². The highest BCUT2D eigenvalue weighted by atomic mass is 14.7. The van der Waals surface area contributed by atoms with Crippen LogP contribution in [0.5, 0.6) is 0 Å². The molecular weight excluding hydrogens is 234 g/mol. The van der Waals surface area contributed by atoms with Crippen LogP contribution in [0.1, 0.15) is 37.8 Å². The minimum absolute atomic E-state index is 0.661. The Kier molecular flexibility index (Phi) is 6.90. The fourth-order valence-electron chi connectivity index (χ4n) is 2.01. The first-order chi connectivity index (χ1) is 9.21. The maximum atomic E-state index is 5.83. The van der Waals surface area contributed by atoms with Gasteiger partial charge < -0.3 is 11.5 Å². The van der Waals surface area contributed by atoms with Crippen LogP contribution in [-0.2, 0) is 13.0 Å². The van der Waals surface area contributed by atoms with Gasteiger partial charge in [-0.1, -0.05) is 25.5 Å². The van der Waals surface area contributed by atoms with Gasteiger partial charge in [-0.05, 0) is 55.1 Å². The van der Waals surface area contributed by atoms with Crippen molar-refractivity contribution in [2.24, 2.45) is 10.7 Å². The largest absolute Gasteiger partial charge is 0.399 e. The summed E-state index contributed by atoms with van der Waals surface area (Å²) in [6.07, 6.45) is 7.04. The van der Waals surface area contributed by atoms with Gasteiger partial charge >= 0.3 is 0 Å². The second-order valence-corrected chi connectivity index (χ2v) is 4.65. The molecule has 0 atom stereocenters. The lowest BCUT2D eigenvalue weighted by atomic mass is 10.0. The summed E-state index contributed by atoms with van der Waals surface area (Å²) in [4.78, 5) is 4.51. The summed E-state index contributed by atoms with van der Waals surface area (Å²) in [5.41, 5.74) is 16.0. The van der Waals surface area contributed by atoms with E-state index in [0.717, 1.165) is 24.9 Å². The van der Waals surface area contributed by atoms with Crippen LogP contribution >= 0.6 is 0 Å². The molecule has 0 aliphatic carbocycles. The molecule has 4 N–H and O–H groups in total. The van der Waals surface area contributed by atoms with Crippen molar-refractivity contribution >= 4 is 11.9 Å². The Morgan fingerprint density at radius 2 is 2.11 bits per heavy atom. The van der Waals surface area contributed by atoms with E-state index in [1.165, 1.54) is 16.7 Å². The number of allylic oxidation sites excluding steroid dienone is 1. The zero-order valence-corrected chi connectivity index (χ0v) is 12.0. The van der Waals surface area contributed by atoms with Crippen molar-refractivity contribution in [2.75, 3.05) is 12.3 Å². The van der Waals surface area contributed by atoms with E-state index in [-0.39, 0.29) is 0 Å². The van der Waals surface area contributed by atoms with Crippen LogP contribution in [0.2, 0.25) is 0 Å². The maximum Gasteiger partial charge on any atom is 0.0642 e. The monoisotopic (exact) mass is 259 g/mol.